The Hall–Kier alpha value is -3.33. The monoisotopic (exact) mass is 425 g/mol. The number of benzene rings is 1. The van der Waals surface area contributed by atoms with Crippen molar-refractivity contribution in [1.82, 2.24) is 10.3 Å². The zero-order valence-corrected chi connectivity index (χ0v) is 17.6. The highest BCUT2D eigenvalue weighted by Crippen LogP contribution is 2.34. The Morgan fingerprint density at radius 2 is 2.06 bits per heavy atom. The molecule has 3 amide bonds. The zero-order chi connectivity index (χ0) is 21.6. The molecular formula is C22H27N5O4. The van der Waals surface area contributed by atoms with Gasteiger partial charge in [-0.05, 0) is 30.7 Å². The van der Waals surface area contributed by atoms with Crippen molar-refractivity contribution in [3.05, 3.63) is 42.1 Å². The van der Waals surface area contributed by atoms with E-state index in [2.05, 4.69) is 20.5 Å². The molecule has 0 bridgehead atoms. The number of urea groups is 1. The van der Waals surface area contributed by atoms with Crippen LogP contribution in [0.5, 0.6) is 5.75 Å². The van der Waals surface area contributed by atoms with E-state index in [-0.39, 0.29) is 11.9 Å². The molecular weight excluding hydrogens is 398 g/mol. The first-order valence-electron chi connectivity index (χ1n) is 10.5. The van der Waals surface area contributed by atoms with Crippen LogP contribution in [0.3, 0.4) is 0 Å². The molecule has 2 aromatic rings. The van der Waals surface area contributed by atoms with E-state index in [1.54, 1.807) is 36.4 Å². The van der Waals surface area contributed by atoms with Crippen molar-refractivity contribution in [2.24, 2.45) is 0 Å². The Morgan fingerprint density at radius 1 is 1.23 bits per heavy atom. The fraction of sp³-hybridized carbons (Fsp3) is 0.409. The van der Waals surface area contributed by atoms with Gasteiger partial charge in [0, 0.05) is 50.0 Å². The molecule has 164 valence electrons. The molecule has 0 unspecified atom stereocenters. The predicted molar refractivity (Wildman–Crippen MR) is 118 cm³/mol. The molecule has 3 heterocycles. The minimum atomic E-state index is -0.333. The molecule has 2 fully saturated rings. The molecule has 9 heteroatoms. The highest BCUT2D eigenvalue weighted by atomic mass is 16.5. The Kier molecular flexibility index (Phi) is 6.51. The van der Waals surface area contributed by atoms with Crippen molar-refractivity contribution >= 4 is 29.1 Å². The van der Waals surface area contributed by atoms with E-state index in [4.69, 9.17) is 9.47 Å². The van der Waals surface area contributed by atoms with Gasteiger partial charge >= 0.3 is 6.03 Å². The van der Waals surface area contributed by atoms with Crippen LogP contribution in [0.2, 0.25) is 0 Å². The van der Waals surface area contributed by atoms with Gasteiger partial charge in [-0.3, -0.25) is 4.79 Å². The standard InChI is InChI=1S/C22H27N5O4/c1-30-19-7-6-17(14-18(19)27-9-3-5-20(27)28)25-22(29)24-15-16-4-2-8-23-21(16)26-10-12-31-13-11-26/h2,4,6-8,14H,3,5,9-13,15H2,1H3,(H2,24,25,29). The van der Waals surface area contributed by atoms with Gasteiger partial charge in [-0.1, -0.05) is 6.07 Å². The minimum absolute atomic E-state index is 0.0621. The molecule has 2 aliphatic rings. The second kappa shape index (κ2) is 9.65. The number of rotatable bonds is 6. The van der Waals surface area contributed by atoms with Crippen LogP contribution in [0, 0.1) is 0 Å². The number of methoxy groups -OCH3 is 1. The van der Waals surface area contributed by atoms with Gasteiger partial charge in [0.25, 0.3) is 0 Å². The SMILES string of the molecule is COc1ccc(NC(=O)NCc2cccnc2N2CCOCC2)cc1N1CCCC1=O. The van der Waals surface area contributed by atoms with E-state index in [1.165, 1.54) is 0 Å². The number of anilines is 3. The average molecular weight is 425 g/mol. The van der Waals surface area contributed by atoms with Gasteiger partial charge in [-0.2, -0.15) is 0 Å². The molecule has 31 heavy (non-hydrogen) atoms. The molecule has 1 aromatic carbocycles. The van der Waals surface area contributed by atoms with Gasteiger partial charge in [0.05, 0.1) is 26.0 Å². The van der Waals surface area contributed by atoms with Crippen LogP contribution in [0.1, 0.15) is 18.4 Å². The molecule has 0 aliphatic carbocycles. The lowest BCUT2D eigenvalue weighted by molar-refractivity contribution is -0.117. The maximum Gasteiger partial charge on any atom is 0.319 e. The molecule has 0 spiro atoms. The number of ether oxygens (including phenoxy) is 2. The lowest BCUT2D eigenvalue weighted by Gasteiger charge is -2.29. The third-order valence-electron chi connectivity index (χ3n) is 5.42. The Morgan fingerprint density at radius 3 is 2.81 bits per heavy atom. The Balaban J connectivity index is 1.41. The van der Waals surface area contributed by atoms with Crippen LogP contribution >= 0.6 is 0 Å². The molecule has 9 nitrogen and oxygen atoms in total. The summed E-state index contributed by atoms with van der Waals surface area (Å²) < 4.78 is 10.8. The van der Waals surface area contributed by atoms with Crippen molar-refractivity contribution in [3.63, 3.8) is 0 Å². The van der Waals surface area contributed by atoms with E-state index < -0.39 is 0 Å². The summed E-state index contributed by atoms with van der Waals surface area (Å²) in [6.07, 6.45) is 3.10. The number of pyridine rings is 1. The number of nitrogens with one attached hydrogen (secondary N) is 2. The van der Waals surface area contributed by atoms with E-state index in [1.807, 2.05) is 12.1 Å². The van der Waals surface area contributed by atoms with Gasteiger partial charge in [-0.15, -0.1) is 0 Å². The number of morpholine rings is 1. The fourth-order valence-corrected chi connectivity index (χ4v) is 3.86. The number of amides is 3. The number of nitrogens with zero attached hydrogens (tertiary/aromatic N) is 3. The van der Waals surface area contributed by atoms with E-state index in [0.29, 0.717) is 49.8 Å². The van der Waals surface area contributed by atoms with E-state index in [0.717, 1.165) is 30.9 Å². The molecule has 0 radical (unpaired) electrons. The minimum Gasteiger partial charge on any atom is -0.495 e. The van der Waals surface area contributed by atoms with Crippen LogP contribution in [-0.4, -0.2) is 56.9 Å². The number of aromatic nitrogens is 1. The summed E-state index contributed by atoms with van der Waals surface area (Å²) in [7, 11) is 1.57. The second-order valence-electron chi connectivity index (χ2n) is 7.43. The first-order valence-corrected chi connectivity index (χ1v) is 10.5. The maximum atomic E-state index is 12.5. The van der Waals surface area contributed by atoms with Crippen molar-refractivity contribution in [2.75, 3.05) is 55.1 Å². The average Bonchev–Trinajstić information content (AvgIpc) is 3.24. The second-order valence-corrected chi connectivity index (χ2v) is 7.43. The zero-order valence-electron chi connectivity index (χ0n) is 17.6. The van der Waals surface area contributed by atoms with Crippen LogP contribution < -0.4 is 25.2 Å². The molecule has 2 saturated heterocycles. The fourth-order valence-electron chi connectivity index (χ4n) is 3.86. The number of carbonyl (C=O) groups is 2. The largest absolute Gasteiger partial charge is 0.495 e. The Labute approximate surface area is 181 Å². The van der Waals surface area contributed by atoms with Crippen molar-refractivity contribution in [1.29, 1.82) is 0 Å². The summed E-state index contributed by atoms with van der Waals surface area (Å²) in [6, 6.07) is 8.77. The third kappa shape index (κ3) is 4.88. The van der Waals surface area contributed by atoms with Crippen molar-refractivity contribution in [3.8, 4) is 5.75 Å². The van der Waals surface area contributed by atoms with Crippen molar-refractivity contribution in [2.45, 2.75) is 19.4 Å². The van der Waals surface area contributed by atoms with E-state index in [9.17, 15) is 9.59 Å². The number of hydrogen-bond donors (Lipinski definition) is 2. The molecule has 4 rings (SSSR count). The van der Waals surface area contributed by atoms with Gasteiger partial charge in [-0.25, -0.2) is 9.78 Å². The molecule has 0 atom stereocenters. The highest BCUT2D eigenvalue weighted by Gasteiger charge is 2.25. The lowest BCUT2D eigenvalue weighted by Crippen LogP contribution is -2.38. The van der Waals surface area contributed by atoms with E-state index >= 15 is 0 Å². The predicted octanol–water partition coefficient (Wildman–Crippen LogP) is 2.38. The quantitative estimate of drug-likeness (QED) is 0.738. The van der Waals surface area contributed by atoms with Crippen molar-refractivity contribution < 1.29 is 19.1 Å². The molecule has 1 aromatic heterocycles. The maximum absolute atomic E-state index is 12.5. The van der Waals surface area contributed by atoms with Gasteiger partial charge in [0.2, 0.25) is 5.91 Å². The highest BCUT2D eigenvalue weighted by molar-refractivity contribution is 5.98. The topological polar surface area (TPSA) is 96.0 Å². The first-order chi connectivity index (χ1) is 15.2. The number of carbonyl (C=O) groups excluding carboxylic acids is 2. The molecule has 0 saturated carbocycles. The van der Waals surface area contributed by atoms with Crippen LogP contribution in [0.4, 0.5) is 22.0 Å². The third-order valence-corrected chi connectivity index (χ3v) is 5.42. The van der Waals surface area contributed by atoms with Gasteiger partial charge < -0.3 is 29.9 Å². The van der Waals surface area contributed by atoms with Crippen LogP contribution in [0.15, 0.2) is 36.5 Å². The molecule has 2 aliphatic heterocycles. The van der Waals surface area contributed by atoms with Gasteiger partial charge in [0.1, 0.15) is 11.6 Å². The summed E-state index contributed by atoms with van der Waals surface area (Å²) in [5.74, 6) is 1.53. The lowest BCUT2D eigenvalue weighted by atomic mass is 10.2. The normalized spacial score (nSPS) is 16.4. The summed E-state index contributed by atoms with van der Waals surface area (Å²) in [4.78, 5) is 33.0. The summed E-state index contributed by atoms with van der Waals surface area (Å²) in [6.45, 7) is 3.89. The van der Waals surface area contributed by atoms with Gasteiger partial charge in [0.15, 0.2) is 0 Å². The smallest absolute Gasteiger partial charge is 0.319 e. The summed E-state index contributed by atoms with van der Waals surface area (Å²) in [5, 5.41) is 5.74. The Bertz CT molecular complexity index is 945. The molecule has 2 N–H and O–H groups in total. The first kappa shape index (κ1) is 20.9. The van der Waals surface area contributed by atoms with Crippen LogP contribution in [-0.2, 0) is 16.1 Å². The number of hydrogen-bond acceptors (Lipinski definition) is 6. The van der Waals surface area contributed by atoms with Crippen LogP contribution in [0.25, 0.3) is 0 Å². The summed E-state index contributed by atoms with van der Waals surface area (Å²) >= 11 is 0. The summed E-state index contributed by atoms with van der Waals surface area (Å²) in [5.41, 5.74) is 2.20.